The van der Waals surface area contributed by atoms with Crippen molar-refractivity contribution in [2.75, 3.05) is 6.54 Å². The molecule has 0 spiro atoms. The molecule has 1 aliphatic rings. The number of nitrogens with one attached hydrogen (secondary N) is 1. The summed E-state index contributed by atoms with van der Waals surface area (Å²) in [6.45, 7) is 2.31. The second-order valence-electron chi connectivity index (χ2n) is 4.36. The number of para-hydroxylation sites is 1. The lowest BCUT2D eigenvalue weighted by atomic mass is 10.1. The topological polar surface area (TPSA) is 81.4 Å². The van der Waals surface area contributed by atoms with Gasteiger partial charge in [0.25, 0.3) is 5.24 Å². The van der Waals surface area contributed by atoms with Gasteiger partial charge in [-0.1, -0.05) is 30.0 Å². The van der Waals surface area contributed by atoms with Crippen LogP contribution in [-0.2, 0) is 11.2 Å². The molecule has 6 heteroatoms. The molecule has 1 aliphatic heterocycles. The average molecular weight is 280 g/mol. The summed E-state index contributed by atoms with van der Waals surface area (Å²) < 4.78 is 5.72. The summed E-state index contributed by atoms with van der Waals surface area (Å²) >= 11 is 1.02. The van der Waals surface area contributed by atoms with Gasteiger partial charge < -0.3 is 10.5 Å². The van der Waals surface area contributed by atoms with E-state index < -0.39 is 0 Å². The van der Waals surface area contributed by atoms with Crippen molar-refractivity contribution in [2.24, 2.45) is 5.73 Å². The monoisotopic (exact) mass is 280 g/mol. The van der Waals surface area contributed by atoms with E-state index >= 15 is 0 Å². The molecular weight excluding hydrogens is 264 g/mol. The van der Waals surface area contributed by atoms with Gasteiger partial charge in [-0.3, -0.25) is 14.9 Å². The molecule has 1 heterocycles. The van der Waals surface area contributed by atoms with Crippen molar-refractivity contribution in [3.05, 3.63) is 29.8 Å². The van der Waals surface area contributed by atoms with E-state index in [-0.39, 0.29) is 22.5 Å². The average Bonchev–Trinajstić information content (AvgIpc) is 2.70. The Morgan fingerprint density at radius 1 is 1.42 bits per heavy atom. The molecule has 2 amide bonds. The minimum atomic E-state index is -0.384. The Bertz CT molecular complexity index is 493. The molecular formula is C13H16N2O3S. The van der Waals surface area contributed by atoms with Crippen LogP contribution in [0.4, 0.5) is 4.79 Å². The van der Waals surface area contributed by atoms with E-state index in [2.05, 4.69) is 5.32 Å². The minimum absolute atomic E-state index is 0.0900. The Balaban J connectivity index is 2.11. The molecule has 19 heavy (non-hydrogen) atoms. The number of rotatable bonds is 5. The molecule has 2 unspecified atom stereocenters. The van der Waals surface area contributed by atoms with E-state index in [4.69, 9.17) is 10.5 Å². The Hall–Kier alpha value is -1.53. The first-order valence-corrected chi connectivity index (χ1v) is 6.94. The highest BCUT2D eigenvalue weighted by molar-refractivity contribution is 8.15. The summed E-state index contributed by atoms with van der Waals surface area (Å²) in [4.78, 5) is 22.7. The van der Waals surface area contributed by atoms with Gasteiger partial charge >= 0.3 is 0 Å². The molecule has 102 valence electrons. The molecule has 0 aliphatic carbocycles. The summed E-state index contributed by atoms with van der Waals surface area (Å²) in [5, 5.41) is 1.61. The third-order valence-electron chi connectivity index (χ3n) is 2.80. The van der Waals surface area contributed by atoms with Gasteiger partial charge in [-0.25, -0.2) is 0 Å². The summed E-state index contributed by atoms with van der Waals surface area (Å²) in [6.07, 6.45) is 0.378. The summed E-state index contributed by atoms with van der Waals surface area (Å²) in [6, 6.07) is 7.50. The van der Waals surface area contributed by atoms with Crippen molar-refractivity contribution < 1.29 is 14.3 Å². The van der Waals surface area contributed by atoms with Gasteiger partial charge in [-0.05, 0) is 25.0 Å². The Kier molecular flexibility index (Phi) is 4.44. The van der Waals surface area contributed by atoms with Crippen LogP contribution in [0.5, 0.6) is 5.75 Å². The third kappa shape index (κ3) is 3.48. The second kappa shape index (κ2) is 6.08. The highest BCUT2D eigenvalue weighted by atomic mass is 32.2. The third-order valence-corrected chi connectivity index (χ3v) is 3.79. The summed E-state index contributed by atoms with van der Waals surface area (Å²) in [7, 11) is 0. The number of ether oxygens (including phenoxy) is 1. The van der Waals surface area contributed by atoms with Crippen molar-refractivity contribution in [3.63, 3.8) is 0 Å². The molecule has 2 atom stereocenters. The van der Waals surface area contributed by atoms with Gasteiger partial charge in [0, 0.05) is 6.54 Å². The molecule has 0 aromatic heterocycles. The number of hydrogen-bond acceptors (Lipinski definition) is 5. The SMILES string of the molecule is CC(CN)Oc1ccccc1CC1SC(=O)NC1=O. The fraction of sp³-hybridized carbons (Fsp3) is 0.385. The normalized spacial score (nSPS) is 20.2. The van der Waals surface area contributed by atoms with Crippen LogP contribution in [0, 0.1) is 0 Å². The molecule has 0 saturated carbocycles. The molecule has 1 aromatic carbocycles. The fourth-order valence-corrected chi connectivity index (χ4v) is 2.63. The van der Waals surface area contributed by atoms with E-state index in [0.29, 0.717) is 18.7 Å². The van der Waals surface area contributed by atoms with E-state index in [9.17, 15) is 9.59 Å². The maximum Gasteiger partial charge on any atom is 0.286 e. The molecule has 1 fully saturated rings. The number of carbonyl (C=O) groups excluding carboxylic acids is 2. The largest absolute Gasteiger partial charge is 0.489 e. The maximum atomic E-state index is 11.6. The smallest absolute Gasteiger partial charge is 0.286 e. The van der Waals surface area contributed by atoms with Crippen molar-refractivity contribution in [1.29, 1.82) is 0 Å². The minimum Gasteiger partial charge on any atom is -0.489 e. The van der Waals surface area contributed by atoms with E-state index in [1.54, 1.807) is 0 Å². The summed E-state index contributed by atoms with van der Waals surface area (Å²) in [5.41, 5.74) is 6.44. The van der Waals surface area contributed by atoms with Crippen LogP contribution in [0.3, 0.4) is 0 Å². The van der Waals surface area contributed by atoms with Crippen molar-refractivity contribution in [3.8, 4) is 5.75 Å². The lowest BCUT2D eigenvalue weighted by Crippen LogP contribution is -2.26. The quantitative estimate of drug-likeness (QED) is 0.850. The Morgan fingerprint density at radius 2 is 2.16 bits per heavy atom. The number of nitrogens with two attached hydrogens (primary N) is 1. The van der Waals surface area contributed by atoms with E-state index in [1.165, 1.54) is 0 Å². The number of carbonyl (C=O) groups is 2. The van der Waals surface area contributed by atoms with Crippen LogP contribution in [0.15, 0.2) is 24.3 Å². The second-order valence-corrected chi connectivity index (χ2v) is 5.53. The first-order chi connectivity index (χ1) is 9.10. The van der Waals surface area contributed by atoms with Crippen LogP contribution in [0.25, 0.3) is 0 Å². The van der Waals surface area contributed by atoms with Crippen molar-refractivity contribution >= 4 is 22.9 Å². The first-order valence-electron chi connectivity index (χ1n) is 6.06. The van der Waals surface area contributed by atoms with E-state index in [0.717, 1.165) is 17.3 Å². The predicted molar refractivity (Wildman–Crippen MR) is 74.2 cm³/mol. The number of thioether (sulfide) groups is 1. The Labute approximate surface area is 115 Å². The highest BCUT2D eigenvalue weighted by Crippen LogP contribution is 2.27. The molecule has 2 rings (SSSR count). The lowest BCUT2D eigenvalue weighted by molar-refractivity contribution is -0.118. The van der Waals surface area contributed by atoms with Gasteiger partial charge in [0.1, 0.15) is 11.9 Å². The number of amides is 2. The van der Waals surface area contributed by atoms with Crippen LogP contribution in [-0.4, -0.2) is 29.0 Å². The number of benzene rings is 1. The van der Waals surface area contributed by atoms with Gasteiger partial charge in [0.05, 0.1) is 5.25 Å². The van der Waals surface area contributed by atoms with Crippen LogP contribution in [0.2, 0.25) is 0 Å². The Morgan fingerprint density at radius 3 is 2.79 bits per heavy atom. The summed E-state index contributed by atoms with van der Waals surface area (Å²) in [5.74, 6) is 0.477. The zero-order valence-electron chi connectivity index (χ0n) is 10.6. The van der Waals surface area contributed by atoms with Gasteiger partial charge in [-0.2, -0.15) is 0 Å². The van der Waals surface area contributed by atoms with Crippen LogP contribution >= 0.6 is 11.8 Å². The molecule has 0 bridgehead atoms. The van der Waals surface area contributed by atoms with Gasteiger partial charge in [0.2, 0.25) is 5.91 Å². The van der Waals surface area contributed by atoms with Crippen LogP contribution < -0.4 is 15.8 Å². The molecule has 5 nitrogen and oxygen atoms in total. The van der Waals surface area contributed by atoms with Crippen molar-refractivity contribution in [1.82, 2.24) is 5.32 Å². The van der Waals surface area contributed by atoms with Crippen LogP contribution in [0.1, 0.15) is 12.5 Å². The number of imide groups is 1. The van der Waals surface area contributed by atoms with Gasteiger partial charge in [0.15, 0.2) is 0 Å². The number of hydrogen-bond donors (Lipinski definition) is 2. The predicted octanol–water partition coefficient (Wildman–Crippen LogP) is 1.31. The fourth-order valence-electron chi connectivity index (χ4n) is 1.78. The lowest BCUT2D eigenvalue weighted by Gasteiger charge is -2.16. The van der Waals surface area contributed by atoms with Crippen molar-refractivity contribution in [2.45, 2.75) is 24.7 Å². The van der Waals surface area contributed by atoms with Gasteiger partial charge in [-0.15, -0.1) is 0 Å². The zero-order chi connectivity index (χ0) is 13.8. The van der Waals surface area contributed by atoms with E-state index in [1.807, 2.05) is 31.2 Å². The molecule has 1 saturated heterocycles. The molecule has 3 N–H and O–H groups in total. The molecule has 1 aromatic rings. The zero-order valence-corrected chi connectivity index (χ0v) is 11.4. The standard InChI is InChI=1S/C13H16N2O3S/c1-8(7-14)18-10-5-3-2-4-9(10)6-11-12(16)15-13(17)19-11/h2-5,8,11H,6-7,14H2,1H3,(H,15,16,17). The molecule has 0 radical (unpaired) electrons. The maximum absolute atomic E-state index is 11.6. The first kappa shape index (κ1) is 13.9. The highest BCUT2D eigenvalue weighted by Gasteiger charge is 2.32.